The van der Waals surface area contributed by atoms with Gasteiger partial charge in [-0.25, -0.2) is 0 Å². The van der Waals surface area contributed by atoms with Crippen molar-refractivity contribution >= 4 is 23.1 Å². The normalized spacial score (nSPS) is 10.2. The summed E-state index contributed by atoms with van der Waals surface area (Å²) < 4.78 is 0. The highest BCUT2D eigenvalue weighted by Crippen LogP contribution is 2.29. The van der Waals surface area contributed by atoms with Gasteiger partial charge in [-0.1, -0.05) is 6.07 Å². The van der Waals surface area contributed by atoms with Crippen LogP contribution in [0.3, 0.4) is 0 Å². The molecule has 0 aliphatic rings. The molecule has 0 saturated heterocycles. The fourth-order valence-corrected chi connectivity index (χ4v) is 2.50. The van der Waals surface area contributed by atoms with Gasteiger partial charge in [0.05, 0.1) is 4.92 Å². The molecule has 0 unspecified atom stereocenters. The molecule has 7 heteroatoms. The maximum atomic E-state index is 10.8. The number of nitrogen functional groups attached to an aromatic ring is 1. The molecule has 0 bridgehead atoms. The van der Waals surface area contributed by atoms with Crippen LogP contribution in [0.4, 0.5) is 11.4 Å². The number of aromatic hydroxyl groups is 1. The van der Waals surface area contributed by atoms with Crippen molar-refractivity contribution in [3.8, 4) is 5.75 Å². The van der Waals surface area contributed by atoms with Crippen LogP contribution in [0.1, 0.15) is 5.56 Å². The molecule has 2 aromatic carbocycles. The van der Waals surface area contributed by atoms with E-state index in [0.29, 0.717) is 11.4 Å². The van der Waals surface area contributed by atoms with Gasteiger partial charge in [-0.2, -0.15) is 0 Å². The Morgan fingerprint density at radius 1 is 1.25 bits per heavy atom. The van der Waals surface area contributed by atoms with Crippen LogP contribution in [-0.4, -0.2) is 10.0 Å². The maximum Gasteiger partial charge on any atom is 0.293 e. The number of anilines is 1. The third kappa shape index (κ3) is 3.40. The highest BCUT2D eigenvalue weighted by molar-refractivity contribution is 7.98. The summed E-state index contributed by atoms with van der Waals surface area (Å²) >= 11 is 1.57. The van der Waals surface area contributed by atoms with E-state index in [-0.39, 0.29) is 11.4 Å². The zero-order valence-electron chi connectivity index (χ0n) is 10.4. The first kappa shape index (κ1) is 14.2. The number of nitrogens with two attached hydrogens (primary N) is 1. The quantitative estimate of drug-likeness (QED) is 0.339. The molecule has 0 aliphatic heterocycles. The minimum atomic E-state index is -0.480. The van der Waals surface area contributed by atoms with Crippen molar-refractivity contribution in [3.63, 3.8) is 0 Å². The monoisotopic (exact) mass is 291 g/mol. The topological polar surface area (TPSA) is 101 Å². The van der Waals surface area contributed by atoms with Gasteiger partial charge in [-0.15, -0.1) is 11.8 Å². The van der Waals surface area contributed by atoms with Gasteiger partial charge in [-0.05, 0) is 35.9 Å². The Morgan fingerprint density at radius 3 is 2.55 bits per heavy atom. The average Bonchev–Trinajstić information content (AvgIpc) is 2.46. The minimum absolute atomic E-state index is 0.0501. The number of nitrogens with one attached hydrogen (secondary N) is 1. The molecule has 0 aromatic heterocycles. The van der Waals surface area contributed by atoms with E-state index in [1.54, 1.807) is 36.0 Å². The molecule has 20 heavy (non-hydrogen) atoms. The summed E-state index contributed by atoms with van der Waals surface area (Å²) in [6.45, 7) is 0. The molecular formula is C13H13N3O3S. The molecule has 0 saturated carbocycles. The van der Waals surface area contributed by atoms with Gasteiger partial charge in [0.1, 0.15) is 11.4 Å². The number of hydrazine groups is 1. The van der Waals surface area contributed by atoms with Crippen LogP contribution in [0.5, 0.6) is 5.75 Å². The van der Waals surface area contributed by atoms with E-state index in [2.05, 4.69) is 5.43 Å². The summed E-state index contributed by atoms with van der Waals surface area (Å²) in [7, 11) is 0. The van der Waals surface area contributed by atoms with Crippen LogP contribution < -0.4 is 11.3 Å². The highest BCUT2D eigenvalue weighted by Gasteiger charge is 2.13. The predicted molar refractivity (Wildman–Crippen MR) is 78.6 cm³/mol. The van der Waals surface area contributed by atoms with Crippen molar-refractivity contribution in [1.29, 1.82) is 0 Å². The van der Waals surface area contributed by atoms with Crippen LogP contribution in [-0.2, 0) is 5.75 Å². The third-order valence-electron chi connectivity index (χ3n) is 2.66. The van der Waals surface area contributed by atoms with E-state index in [9.17, 15) is 15.2 Å². The smallest absolute Gasteiger partial charge is 0.293 e. The van der Waals surface area contributed by atoms with Gasteiger partial charge in [0.2, 0.25) is 0 Å². The van der Waals surface area contributed by atoms with E-state index < -0.39 is 4.92 Å². The first-order valence-electron chi connectivity index (χ1n) is 5.76. The predicted octanol–water partition coefficient (Wildman–Crippen LogP) is 2.88. The first-order chi connectivity index (χ1) is 9.60. The van der Waals surface area contributed by atoms with Crippen LogP contribution >= 0.6 is 11.8 Å². The molecule has 4 N–H and O–H groups in total. The lowest BCUT2D eigenvalue weighted by Gasteiger charge is -2.06. The molecule has 0 spiro atoms. The molecule has 6 nitrogen and oxygen atoms in total. The van der Waals surface area contributed by atoms with E-state index >= 15 is 0 Å². The molecule has 0 radical (unpaired) electrons. The van der Waals surface area contributed by atoms with Gasteiger partial charge in [0.15, 0.2) is 0 Å². The van der Waals surface area contributed by atoms with Crippen molar-refractivity contribution in [1.82, 2.24) is 0 Å². The van der Waals surface area contributed by atoms with E-state index in [0.717, 1.165) is 10.5 Å². The first-order valence-corrected chi connectivity index (χ1v) is 6.74. The largest absolute Gasteiger partial charge is 0.508 e. The summed E-state index contributed by atoms with van der Waals surface area (Å²) in [4.78, 5) is 11.3. The number of thioether (sulfide) groups is 1. The number of nitrogens with zero attached hydrogens (tertiary/aromatic N) is 1. The van der Waals surface area contributed by atoms with Crippen molar-refractivity contribution < 1.29 is 10.0 Å². The second-order valence-electron chi connectivity index (χ2n) is 4.04. The van der Waals surface area contributed by atoms with Crippen molar-refractivity contribution in [2.24, 2.45) is 5.84 Å². The van der Waals surface area contributed by atoms with Gasteiger partial charge in [-0.3, -0.25) is 16.0 Å². The van der Waals surface area contributed by atoms with Crippen molar-refractivity contribution in [2.75, 3.05) is 5.43 Å². The Morgan fingerprint density at radius 2 is 1.95 bits per heavy atom. The molecule has 0 fully saturated rings. The fraction of sp³-hybridized carbons (Fsp3) is 0.0769. The van der Waals surface area contributed by atoms with Gasteiger partial charge < -0.3 is 10.5 Å². The van der Waals surface area contributed by atoms with Crippen LogP contribution in [0.15, 0.2) is 47.4 Å². The Hall–Kier alpha value is -2.25. The number of nitro groups is 1. The SMILES string of the molecule is NNc1cc(CSc2ccc(O)cc2)ccc1[N+](=O)[O-]. The zero-order chi connectivity index (χ0) is 14.5. The van der Waals surface area contributed by atoms with Gasteiger partial charge in [0, 0.05) is 16.7 Å². The van der Waals surface area contributed by atoms with E-state index in [1.807, 2.05) is 12.1 Å². The van der Waals surface area contributed by atoms with Gasteiger partial charge >= 0.3 is 0 Å². The van der Waals surface area contributed by atoms with Crippen LogP contribution in [0.25, 0.3) is 0 Å². The lowest BCUT2D eigenvalue weighted by Crippen LogP contribution is -2.09. The molecular weight excluding hydrogens is 278 g/mol. The molecule has 0 heterocycles. The molecule has 0 aliphatic carbocycles. The Balaban J connectivity index is 2.10. The summed E-state index contributed by atoms with van der Waals surface area (Å²) in [5.41, 5.74) is 3.50. The summed E-state index contributed by atoms with van der Waals surface area (Å²) in [5.74, 6) is 6.16. The summed E-state index contributed by atoms with van der Waals surface area (Å²) in [5, 5.41) is 20.0. The Bertz CT molecular complexity index is 617. The standard InChI is InChI=1S/C13H13N3O3S/c14-15-12-7-9(1-6-13(12)16(18)19)8-20-11-4-2-10(17)3-5-11/h1-7,15,17H,8,14H2. The summed E-state index contributed by atoms with van der Waals surface area (Å²) in [6, 6.07) is 11.6. The van der Waals surface area contributed by atoms with Gasteiger partial charge in [0.25, 0.3) is 5.69 Å². The molecule has 2 aromatic rings. The van der Waals surface area contributed by atoms with Crippen LogP contribution in [0, 0.1) is 10.1 Å². The average molecular weight is 291 g/mol. The van der Waals surface area contributed by atoms with E-state index in [1.165, 1.54) is 6.07 Å². The fourth-order valence-electron chi connectivity index (χ4n) is 1.66. The second-order valence-corrected chi connectivity index (χ2v) is 5.08. The Labute approximate surface area is 119 Å². The number of hydrogen-bond acceptors (Lipinski definition) is 6. The Kier molecular flexibility index (Phi) is 4.44. The number of phenolic OH excluding ortho intramolecular Hbond substituents is 1. The van der Waals surface area contributed by atoms with Crippen LogP contribution in [0.2, 0.25) is 0 Å². The molecule has 2 rings (SSSR count). The summed E-state index contributed by atoms with van der Waals surface area (Å²) in [6.07, 6.45) is 0. The molecule has 0 amide bonds. The molecule has 104 valence electrons. The van der Waals surface area contributed by atoms with E-state index in [4.69, 9.17) is 5.84 Å². The number of phenols is 1. The number of hydrogen-bond donors (Lipinski definition) is 3. The number of rotatable bonds is 5. The second kappa shape index (κ2) is 6.27. The third-order valence-corrected chi connectivity index (χ3v) is 3.74. The zero-order valence-corrected chi connectivity index (χ0v) is 11.3. The van der Waals surface area contributed by atoms with Crippen molar-refractivity contribution in [2.45, 2.75) is 10.6 Å². The lowest BCUT2D eigenvalue weighted by atomic mass is 10.2. The maximum absolute atomic E-state index is 10.8. The highest BCUT2D eigenvalue weighted by atomic mass is 32.2. The number of nitro benzene ring substituents is 1. The molecule has 0 atom stereocenters. The number of benzene rings is 2. The minimum Gasteiger partial charge on any atom is -0.508 e. The lowest BCUT2D eigenvalue weighted by molar-refractivity contribution is -0.384. The van der Waals surface area contributed by atoms with Crippen molar-refractivity contribution in [3.05, 3.63) is 58.1 Å².